The van der Waals surface area contributed by atoms with Gasteiger partial charge in [-0.25, -0.2) is 9.48 Å². The Hall–Kier alpha value is -3.12. The number of halogens is 1. The van der Waals surface area contributed by atoms with Gasteiger partial charge in [0.25, 0.3) is 5.56 Å². The lowest BCUT2D eigenvalue weighted by atomic mass is 10.1. The Morgan fingerprint density at radius 3 is 2.62 bits per heavy atom. The van der Waals surface area contributed by atoms with Gasteiger partial charge in [0.05, 0.1) is 34.1 Å². The fourth-order valence-electron chi connectivity index (χ4n) is 2.86. The molecule has 3 aromatic rings. The van der Waals surface area contributed by atoms with Crippen molar-refractivity contribution in [1.29, 1.82) is 0 Å². The van der Waals surface area contributed by atoms with Gasteiger partial charge < -0.3 is 4.74 Å². The number of ether oxygens (including phenoxy) is 1. The van der Waals surface area contributed by atoms with Crippen LogP contribution in [0.25, 0.3) is 5.69 Å². The molecule has 0 saturated carbocycles. The molecule has 3 rings (SSSR count). The number of carbonyl (C=O) groups is 1. The quantitative estimate of drug-likeness (QED) is 0.489. The minimum atomic E-state index is -0.510. The summed E-state index contributed by atoms with van der Waals surface area (Å²) in [6.45, 7) is 7.82. The number of carbonyl (C=O) groups excluding carboxylic acids is 1. The summed E-state index contributed by atoms with van der Waals surface area (Å²) in [5, 5.41) is 3.37. The number of H-pyrrole nitrogens is 1. The van der Waals surface area contributed by atoms with Crippen LogP contribution in [0.2, 0.25) is 5.02 Å². The smallest absolute Gasteiger partial charge is 0.339 e. The molecule has 0 aliphatic rings. The minimum Gasteiger partial charge on any atom is -0.462 e. The number of aromatic amines is 1. The van der Waals surface area contributed by atoms with Crippen molar-refractivity contribution in [2.24, 2.45) is 4.99 Å². The predicted molar refractivity (Wildman–Crippen MR) is 115 cm³/mol. The lowest BCUT2D eigenvalue weighted by molar-refractivity contribution is 0.0526. The minimum absolute atomic E-state index is 0.200. The van der Waals surface area contributed by atoms with Gasteiger partial charge in [-0.15, -0.1) is 0 Å². The van der Waals surface area contributed by atoms with Gasteiger partial charge in [0.1, 0.15) is 0 Å². The summed E-state index contributed by atoms with van der Waals surface area (Å²) in [5.41, 5.74) is 4.69. The Morgan fingerprint density at radius 2 is 1.93 bits per heavy atom. The molecular formula is C22H22ClN3O3. The van der Waals surface area contributed by atoms with E-state index in [1.54, 1.807) is 25.1 Å². The first-order valence-electron chi connectivity index (χ1n) is 9.21. The highest BCUT2D eigenvalue weighted by molar-refractivity contribution is 6.33. The maximum atomic E-state index is 12.9. The maximum Gasteiger partial charge on any atom is 0.339 e. The second kappa shape index (κ2) is 8.49. The summed E-state index contributed by atoms with van der Waals surface area (Å²) in [5.74, 6) is -0.510. The van der Waals surface area contributed by atoms with E-state index in [-0.39, 0.29) is 22.8 Å². The highest BCUT2D eigenvalue weighted by atomic mass is 35.5. The standard InChI is InChI=1S/C22H22ClN3O3/c1-5-29-22(28)18-11-16(7-9-20(18)23)24-12-19-15(4)25-26(21(19)27)17-8-6-13(2)14(3)10-17/h6-12,25H,5H2,1-4H3. The van der Waals surface area contributed by atoms with Crippen molar-refractivity contribution in [3.8, 4) is 5.69 Å². The highest BCUT2D eigenvalue weighted by Gasteiger charge is 2.13. The molecule has 0 spiro atoms. The monoisotopic (exact) mass is 411 g/mol. The van der Waals surface area contributed by atoms with Crippen molar-refractivity contribution in [2.75, 3.05) is 6.61 Å². The summed E-state index contributed by atoms with van der Waals surface area (Å²) in [6.07, 6.45) is 1.49. The van der Waals surface area contributed by atoms with E-state index in [1.807, 2.05) is 39.0 Å². The van der Waals surface area contributed by atoms with Gasteiger partial charge in [-0.2, -0.15) is 0 Å². The van der Waals surface area contributed by atoms with Crippen molar-refractivity contribution in [2.45, 2.75) is 27.7 Å². The van der Waals surface area contributed by atoms with Gasteiger partial charge in [-0.05, 0) is 69.2 Å². The molecule has 0 amide bonds. The number of aryl methyl sites for hydroxylation is 3. The predicted octanol–water partition coefficient (Wildman–Crippen LogP) is 4.67. The zero-order valence-electron chi connectivity index (χ0n) is 16.7. The molecule has 0 unspecified atom stereocenters. The summed E-state index contributed by atoms with van der Waals surface area (Å²) in [4.78, 5) is 29.2. The maximum absolute atomic E-state index is 12.9. The van der Waals surface area contributed by atoms with Gasteiger partial charge >= 0.3 is 5.97 Å². The van der Waals surface area contributed by atoms with Gasteiger partial charge in [0.15, 0.2) is 0 Å². The molecule has 0 fully saturated rings. The largest absolute Gasteiger partial charge is 0.462 e. The molecular weight excluding hydrogens is 390 g/mol. The summed E-state index contributed by atoms with van der Waals surface area (Å²) >= 11 is 6.08. The molecule has 0 radical (unpaired) electrons. The Morgan fingerprint density at radius 1 is 1.17 bits per heavy atom. The first-order valence-corrected chi connectivity index (χ1v) is 9.59. The topological polar surface area (TPSA) is 76.4 Å². The van der Waals surface area contributed by atoms with Crippen LogP contribution in [0.1, 0.15) is 39.7 Å². The lowest BCUT2D eigenvalue weighted by Crippen LogP contribution is -2.17. The number of rotatable bonds is 5. The Bertz CT molecular complexity index is 1160. The molecule has 150 valence electrons. The fourth-order valence-corrected chi connectivity index (χ4v) is 3.05. The first-order chi connectivity index (χ1) is 13.8. The molecule has 7 heteroatoms. The third-order valence-electron chi connectivity index (χ3n) is 4.65. The van der Waals surface area contributed by atoms with Gasteiger partial charge in [-0.3, -0.25) is 14.9 Å². The second-order valence-corrected chi connectivity index (χ2v) is 7.11. The fraction of sp³-hybridized carbons (Fsp3) is 0.227. The number of hydrogen-bond donors (Lipinski definition) is 1. The molecule has 0 atom stereocenters. The van der Waals surface area contributed by atoms with E-state index >= 15 is 0 Å². The molecule has 0 saturated heterocycles. The van der Waals surface area contributed by atoms with Crippen LogP contribution < -0.4 is 5.56 Å². The Balaban J connectivity index is 1.95. The van der Waals surface area contributed by atoms with Crippen LogP contribution in [0, 0.1) is 20.8 Å². The molecule has 29 heavy (non-hydrogen) atoms. The van der Waals surface area contributed by atoms with Crippen molar-refractivity contribution in [1.82, 2.24) is 9.78 Å². The number of esters is 1. The highest BCUT2D eigenvalue weighted by Crippen LogP contribution is 2.23. The number of benzene rings is 2. The average Bonchev–Trinajstić information content (AvgIpc) is 2.97. The van der Waals surface area contributed by atoms with Crippen LogP contribution in [0.4, 0.5) is 5.69 Å². The number of nitrogens with zero attached hydrogens (tertiary/aromatic N) is 2. The van der Waals surface area contributed by atoms with E-state index in [0.717, 1.165) is 16.8 Å². The molecule has 1 N–H and O–H groups in total. The Labute approximate surface area is 173 Å². The number of hydrogen-bond acceptors (Lipinski definition) is 4. The lowest BCUT2D eigenvalue weighted by Gasteiger charge is -2.05. The molecule has 2 aromatic carbocycles. The van der Waals surface area contributed by atoms with Gasteiger partial charge in [0, 0.05) is 11.9 Å². The zero-order valence-corrected chi connectivity index (χ0v) is 17.5. The zero-order chi connectivity index (χ0) is 21.1. The van der Waals surface area contributed by atoms with Gasteiger partial charge in [0.2, 0.25) is 0 Å². The van der Waals surface area contributed by atoms with E-state index < -0.39 is 5.97 Å². The van der Waals surface area contributed by atoms with Crippen LogP contribution in [-0.4, -0.2) is 28.6 Å². The first kappa shape index (κ1) is 20.6. The van der Waals surface area contributed by atoms with E-state index in [1.165, 1.54) is 10.9 Å². The van der Waals surface area contributed by atoms with Crippen molar-refractivity contribution in [3.05, 3.63) is 79.7 Å². The molecule has 6 nitrogen and oxygen atoms in total. The van der Waals surface area contributed by atoms with Crippen LogP contribution in [0.5, 0.6) is 0 Å². The molecule has 0 bridgehead atoms. The SMILES string of the molecule is CCOC(=O)c1cc(N=Cc2c(C)[nH]n(-c3ccc(C)c(C)c3)c2=O)ccc1Cl. The molecule has 1 aromatic heterocycles. The van der Waals surface area contributed by atoms with Crippen LogP contribution in [-0.2, 0) is 4.74 Å². The summed E-state index contributed by atoms with van der Waals surface area (Å²) in [6, 6.07) is 10.6. The average molecular weight is 412 g/mol. The van der Waals surface area contributed by atoms with Crippen LogP contribution >= 0.6 is 11.6 Å². The number of nitrogens with one attached hydrogen (secondary N) is 1. The molecule has 1 heterocycles. The van der Waals surface area contributed by atoms with Crippen LogP contribution in [0.15, 0.2) is 46.2 Å². The van der Waals surface area contributed by atoms with Crippen LogP contribution in [0.3, 0.4) is 0 Å². The van der Waals surface area contributed by atoms with E-state index in [0.29, 0.717) is 16.9 Å². The van der Waals surface area contributed by atoms with Gasteiger partial charge in [-0.1, -0.05) is 17.7 Å². The number of aliphatic imine (C=N–C) groups is 1. The van der Waals surface area contributed by atoms with E-state index in [9.17, 15) is 9.59 Å². The van der Waals surface area contributed by atoms with Crippen molar-refractivity contribution >= 4 is 29.5 Å². The summed E-state index contributed by atoms with van der Waals surface area (Å²) in [7, 11) is 0. The molecule has 0 aliphatic heterocycles. The van der Waals surface area contributed by atoms with Crippen molar-refractivity contribution < 1.29 is 9.53 Å². The van der Waals surface area contributed by atoms with E-state index in [4.69, 9.17) is 16.3 Å². The summed E-state index contributed by atoms with van der Waals surface area (Å²) < 4.78 is 6.50. The third-order valence-corrected chi connectivity index (χ3v) is 4.98. The Kier molecular flexibility index (Phi) is 6.03. The molecule has 0 aliphatic carbocycles. The normalized spacial score (nSPS) is 11.2. The van der Waals surface area contributed by atoms with E-state index in [2.05, 4.69) is 10.1 Å². The third kappa shape index (κ3) is 4.32. The van der Waals surface area contributed by atoms with Crippen molar-refractivity contribution in [3.63, 3.8) is 0 Å². The second-order valence-electron chi connectivity index (χ2n) is 6.70. The number of aromatic nitrogens is 2.